The van der Waals surface area contributed by atoms with Gasteiger partial charge < -0.3 is 21.8 Å². The van der Waals surface area contributed by atoms with E-state index in [1.165, 1.54) is 6.92 Å². The zero-order valence-electron chi connectivity index (χ0n) is 17.6. The molecule has 3 aromatic rings. The van der Waals surface area contributed by atoms with Crippen molar-refractivity contribution in [3.63, 3.8) is 0 Å². The summed E-state index contributed by atoms with van der Waals surface area (Å²) >= 11 is 0. The van der Waals surface area contributed by atoms with Gasteiger partial charge in [-0.15, -0.1) is 0 Å². The van der Waals surface area contributed by atoms with Crippen LogP contribution in [0.3, 0.4) is 0 Å². The molecule has 0 spiro atoms. The maximum atomic E-state index is 12.8. The third kappa shape index (κ3) is 5.79. The maximum Gasteiger partial charge on any atom is 0.255 e. The van der Waals surface area contributed by atoms with Crippen molar-refractivity contribution in [3.8, 4) is 11.1 Å². The maximum absolute atomic E-state index is 12.8. The van der Waals surface area contributed by atoms with Crippen LogP contribution in [0.4, 0.5) is 11.4 Å². The van der Waals surface area contributed by atoms with Gasteiger partial charge in [0.1, 0.15) is 0 Å². The Kier molecular flexibility index (Phi) is 6.82. The Balaban J connectivity index is 1.74. The molecule has 1 atom stereocenters. The minimum absolute atomic E-state index is 0.122. The molecule has 158 valence electrons. The van der Waals surface area contributed by atoms with Crippen LogP contribution in [0.2, 0.25) is 0 Å². The molecule has 0 radical (unpaired) electrons. The number of rotatable bonds is 7. The second-order valence-electron chi connectivity index (χ2n) is 7.49. The zero-order chi connectivity index (χ0) is 22.4. The van der Waals surface area contributed by atoms with Crippen LogP contribution >= 0.6 is 0 Å². The number of hydrogen-bond acceptors (Lipinski definition) is 4. The van der Waals surface area contributed by atoms with E-state index >= 15 is 0 Å². The van der Waals surface area contributed by atoms with Crippen LogP contribution in [0, 0.1) is 5.41 Å². The van der Waals surface area contributed by atoms with Crippen molar-refractivity contribution >= 4 is 28.9 Å². The lowest BCUT2D eigenvalue weighted by Crippen LogP contribution is -2.32. The van der Waals surface area contributed by atoms with Crippen LogP contribution in [0.5, 0.6) is 0 Å². The number of hydrogen-bond donors (Lipinski definition) is 4. The summed E-state index contributed by atoms with van der Waals surface area (Å²) in [5, 5.41) is 14.0. The molecule has 6 heteroatoms. The molecule has 0 bridgehead atoms. The molecule has 0 unspecified atom stereocenters. The number of nitrogens with two attached hydrogens (primary N) is 1. The third-order valence-electron chi connectivity index (χ3n) is 4.83. The standard InChI is InChI=1S/C25H26N4O2/c1-16(28-17(2)30)14-23(27)19-8-10-20(11-9-19)25(31)29-24-15-21(26)12-13-22(24)18-6-4-3-5-7-18/h3-13,15-16,27H,14,26H2,1-2H3,(H,28,30)(H,29,31)/t16-/m0/s1. The summed E-state index contributed by atoms with van der Waals surface area (Å²) in [5.74, 6) is -0.379. The highest BCUT2D eigenvalue weighted by molar-refractivity contribution is 6.07. The van der Waals surface area contributed by atoms with Gasteiger partial charge in [-0.25, -0.2) is 0 Å². The van der Waals surface area contributed by atoms with Gasteiger partial charge in [0.25, 0.3) is 5.91 Å². The van der Waals surface area contributed by atoms with E-state index in [2.05, 4.69) is 10.6 Å². The lowest BCUT2D eigenvalue weighted by Gasteiger charge is -2.14. The summed E-state index contributed by atoms with van der Waals surface area (Å²) < 4.78 is 0. The predicted molar refractivity (Wildman–Crippen MR) is 125 cm³/mol. The van der Waals surface area contributed by atoms with Crippen molar-refractivity contribution in [2.75, 3.05) is 11.1 Å². The monoisotopic (exact) mass is 414 g/mol. The number of anilines is 2. The molecule has 3 rings (SSSR count). The van der Waals surface area contributed by atoms with Crippen molar-refractivity contribution in [1.29, 1.82) is 5.41 Å². The van der Waals surface area contributed by atoms with E-state index in [0.717, 1.165) is 11.1 Å². The molecule has 2 amide bonds. The first kappa shape index (κ1) is 21.8. The number of nitrogens with one attached hydrogen (secondary N) is 3. The van der Waals surface area contributed by atoms with E-state index in [-0.39, 0.29) is 17.9 Å². The van der Waals surface area contributed by atoms with E-state index in [0.29, 0.717) is 34.6 Å². The van der Waals surface area contributed by atoms with Crippen molar-refractivity contribution in [1.82, 2.24) is 5.32 Å². The highest BCUT2D eigenvalue weighted by Gasteiger charge is 2.13. The van der Waals surface area contributed by atoms with Crippen molar-refractivity contribution in [3.05, 3.63) is 83.9 Å². The Morgan fingerprint density at radius 3 is 2.26 bits per heavy atom. The van der Waals surface area contributed by atoms with Crippen LogP contribution in [-0.4, -0.2) is 23.6 Å². The second kappa shape index (κ2) is 9.71. The molecule has 0 saturated carbocycles. The predicted octanol–water partition coefficient (Wildman–Crippen LogP) is 4.47. The number of nitrogen functional groups attached to an aromatic ring is 1. The van der Waals surface area contributed by atoms with Crippen LogP contribution in [0.1, 0.15) is 36.2 Å². The van der Waals surface area contributed by atoms with E-state index in [1.54, 1.807) is 36.4 Å². The van der Waals surface area contributed by atoms with E-state index in [4.69, 9.17) is 11.1 Å². The molecule has 6 nitrogen and oxygen atoms in total. The van der Waals surface area contributed by atoms with Crippen molar-refractivity contribution in [2.24, 2.45) is 0 Å². The lowest BCUT2D eigenvalue weighted by molar-refractivity contribution is -0.119. The third-order valence-corrected chi connectivity index (χ3v) is 4.83. The fraction of sp³-hybridized carbons (Fsp3) is 0.160. The summed E-state index contributed by atoms with van der Waals surface area (Å²) in [6.45, 7) is 3.31. The Hall–Kier alpha value is -3.93. The molecule has 0 fully saturated rings. The van der Waals surface area contributed by atoms with Gasteiger partial charge in [-0.1, -0.05) is 48.5 Å². The molecular weight excluding hydrogens is 388 g/mol. The number of benzene rings is 3. The molecule has 31 heavy (non-hydrogen) atoms. The first-order valence-corrected chi connectivity index (χ1v) is 10.0. The van der Waals surface area contributed by atoms with E-state index in [1.807, 2.05) is 43.3 Å². The lowest BCUT2D eigenvalue weighted by atomic mass is 10.0. The highest BCUT2D eigenvalue weighted by Crippen LogP contribution is 2.30. The smallest absolute Gasteiger partial charge is 0.255 e. The first-order chi connectivity index (χ1) is 14.8. The van der Waals surface area contributed by atoms with Gasteiger partial charge in [0.2, 0.25) is 5.91 Å². The van der Waals surface area contributed by atoms with Gasteiger partial charge >= 0.3 is 0 Å². The molecule has 3 aromatic carbocycles. The Morgan fingerprint density at radius 2 is 1.61 bits per heavy atom. The molecule has 0 aliphatic rings. The highest BCUT2D eigenvalue weighted by atomic mass is 16.2. The van der Waals surface area contributed by atoms with Crippen molar-refractivity contribution in [2.45, 2.75) is 26.3 Å². The average Bonchev–Trinajstić information content (AvgIpc) is 2.74. The summed E-state index contributed by atoms with van der Waals surface area (Å²) in [4.78, 5) is 24.0. The molecule has 0 saturated heterocycles. The van der Waals surface area contributed by atoms with Crippen molar-refractivity contribution < 1.29 is 9.59 Å². The van der Waals surface area contributed by atoms with Gasteiger partial charge in [-0.3, -0.25) is 9.59 Å². The van der Waals surface area contributed by atoms with Crippen LogP contribution < -0.4 is 16.4 Å². The fourth-order valence-corrected chi connectivity index (χ4v) is 3.37. The number of carbonyl (C=O) groups excluding carboxylic acids is 2. The zero-order valence-corrected chi connectivity index (χ0v) is 17.6. The number of carbonyl (C=O) groups is 2. The molecule has 5 N–H and O–H groups in total. The topological polar surface area (TPSA) is 108 Å². The fourth-order valence-electron chi connectivity index (χ4n) is 3.37. The molecule has 0 heterocycles. The van der Waals surface area contributed by atoms with E-state index < -0.39 is 0 Å². The minimum Gasteiger partial charge on any atom is -0.399 e. The van der Waals surface area contributed by atoms with Gasteiger partial charge in [-0.05, 0) is 42.3 Å². The molecule has 0 aliphatic heterocycles. The van der Waals surface area contributed by atoms with Gasteiger partial charge in [0, 0.05) is 41.9 Å². The number of amides is 2. The van der Waals surface area contributed by atoms with Gasteiger partial charge in [0.15, 0.2) is 0 Å². The Morgan fingerprint density at radius 1 is 0.968 bits per heavy atom. The first-order valence-electron chi connectivity index (χ1n) is 10.0. The van der Waals surface area contributed by atoms with Crippen LogP contribution in [0.25, 0.3) is 11.1 Å². The van der Waals surface area contributed by atoms with Gasteiger partial charge in [-0.2, -0.15) is 0 Å². The summed E-state index contributed by atoms with van der Waals surface area (Å²) in [5.41, 5.74) is 10.6. The van der Waals surface area contributed by atoms with E-state index in [9.17, 15) is 9.59 Å². The SMILES string of the molecule is CC(=O)N[C@@H](C)CC(=N)c1ccc(C(=O)Nc2cc(N)ccc2-c2ccccc2)cc1. The van der Waals surface area contributed by atoms with Crippen LogP contribution in [0.15, 0.2) is 72.8 Å². The Labute approximate surface area is 182 Å². The quantitative estimate of drug-likeness (QED) is 0.338. The summed E-state index contributed by atoms with van der Waals surface area (Å²) in [6.07, 6.45) is 0.412. The normalized spacial score (nSPS) is 11.4. The van der Waals surface area contributed by atoms with Gasteiger partial charge in [0.05, 0.1) is 5.69 Å². The van der Waals surface area contributed by atoms with Crippen LogP contribution in [-0.2, 0) is 4.79 Å². The molecular formula is C25H26N4O2. The largest absolute Gasteiger partial charge is 0.399 e. The average molecular weight is 415 g/mol. The summed E-state index contributed by atoms with van der Waals surface area (Å²) in [7, 11) is 0. The summed E-state index contributed by atoms with van der Waals surface area (Å²) in [6, 6.07) is 22.0. The second-order valence-corrected chi connectivity index (χ2v) is 7.49. The molecule has 0 aliphatic carbocycles. The molecule has 0 aromatic heterocycles. The minimum atomic E-state index is -0.257. The Bertz CT molecular complexity index is 1090.